The fraction of sp³-hybridized carbons (Fsp3) is 0.667. The van der Waals surface area contributed by atoms with Crippen molar-refractivity contribution in [3.8, 4) is 0 Å². The number of thiophene rings is 1. The molecule has 0 bridgehead atoms. The van der Waals surface area contributed by atoms with Gasteiger partial charge in [-0.25, -0.2) is 18.0 Å². The lowest BCUT2D eigenvalue weighted by Crippen LogP contribution is -2.67. The van der Waals surface area contributed by atoms with Crippen LogP contribution in [0.2, 0.25) is 5.02 Å². The van der Waals surface area contributed by atoms with Crippen molar-refractivity contribution in [2.24, 2.45) is 4.99 Å². The van der Waals surface area contributed by atoms with Crippen molar-refractivity contribution in [2.75, 3.05) is 12.9 Å². The van der Waals surface area contributed by atoms with Crippen LogP contribution < -0.4 is 5.32 Å². The van der Waals surface area contributed by atoms with Gasteiger partial charge in [-0.3, -0.25) is 0 Å². The van der Waals surface area contributed by atoms with Gasteiger partial charge in [-0.05, 0) is 46.6 Å². The molecule has 2 aliphatic rings. The molecule has 8 nitrogen and oxygen atoms in total. The second-order valence-corrected chi connectivity index (χ2v) is 13.3. The second-order valence-electron chi connectivity index (χ2n) is 9.49. The van der Waals surface area contributed by atoms with Gasteiger partial charge in [-0.1, -0.05) is 30.9 Å². The molecule has 1 atom stereocenters. The molecule has 1 aliphatic carbocycles. The van der Waals surface area contributed by atoms with Crippen molar-refractivity contribution < 1.29 is 27.5 Å². The Balaban J connectivity index is 2.11. The summed E-state index contributed by atoms with van der Waals surface area (Å²) in [6.45, 7) is 6.84. The molecule has 1 aliphatic heterocycles. The zero-order chi connectivity index (χ0) is 23.9. The van der Waals surface area contributed by atoms with Crippen LogP contribution in [0.15, 0.2) is 11.1 Å². The molecule has 2 heterocycles. The molecule has 1 amide bonds. The van der Waals surface area contributed by atoms with Crippen molar-refractivity contribution in [3.05, 3.63) is 20.8 Å². The molecule has 0 radical (unpaired) electrons. The summed E-state index contributed by atoms with van der Waals surface area (Å²) >= 11 is 7.48. The molecule has 1 saturated heterocycles. The van der Waals surface area contributed by atoms with Gasteiger partial charge in [0.05, 0.1) is 28.3 Å². The lowest BCUT2D eigenvalue weighted by atomic mass is 9.85. The lowest BCUT2D eigenvalue weighted by molar-refractivity contribution is 0.0593. The number of nitrogens with zero attached hydrogens (tertiary/aromatic N) is 1. The number of ether oxygens (including phenoxy) is 2. The number of methoxy groups -OCH3 is 1. The number of halogens is 1. The van der Waals surface area contributed by atoms with Gasteiger partial charge >= 0.3 is 12.1 Å². The largest absolute Gasteiger partial charge is 0.465 e. The fourth-order valence-corrected chi connectivity index (χ4v) is 8.53. The summed E-state index contributed by atoms with van der Waals surface area (Å²) in [5, 5.41) is 3.48. The summed E-state index contributed by atoms with van der Waals surface area (Å²) in [4.78, 5) is 29.4. The molecule has 1 N–H and O–H groups in total. The van der Waals surface area contributed by atoms with E-state index in [1.807, 2.05) is 0 Å². The Labute approximate surface area is 197 Å². The molecular formula is C21H29ClN2O6S2. The van der Waals surface area contributed by atoms with Crippen LogP contribution in [0.25, 0.3) is 0 Å². The second kappa shape index (κ2) is 8.61. The number of rotatable bonds is 2. The summed E-state index contributed by atoms with van der Waals surface area (Å²) in [5.41, 5.74) is -1.96. The Kier molecular flexibility index (Phi) is 6.72. The van der Waals surface area contributed by atoms with Crippen molar-refractivity contribution in [3.63, 3.8) is 0 Å². The Morgan fingerprint density at radius 1 is 1.22 bits per heavy atom. The molecular weight excluding hydrogens is 476 g/mol. The third-order valence-electron chi connectivity index (χ3n) is 5.73. The number of esters is 1. The molecule has 1 spiro atoms. The monoisotopic (exact) mass is 504 g/mol. The first kappa shape index (κ1) is 25.0. The maximum Gasteiger partial charge on any atom is 0.435 e. The van der Waals surface area contributed by atoms with Crippen LogP contribution in [0.4, 0.5) is 4.79 Å². The van der Waals surface area contributed by atoms with E-state index in [1.54, 1.807) is 27.7 Å². The van der Waals surface area contributed by atoms with Crippen LogP contribution in [-0.4, -0.2) is 49.5 Å². The summed E-state index contributed by atoms with van der Waals surface area (Å²) < 4.78 is 36.3. The Bertz CT molecular complexity index is 1050. The van der Waals surface area contributed by atoms with Gasteiger partial charge in [0.1, 0.15) is 21.1 Å². The van der Waals surface area contributed by atoms with Crippen LogP contribution in [-0.2, 0) is 24.8 Å². The molecule has 3 rings (SSSR count). The van der Waals surface area contributed by atoms with Crippen LogP contribution >= 0.6 is 22.9 Å². The predicted molar refractivity (Wildman–Crippen MR) is 124 cm³/mol. The topological polar surface area (TPSA) is 111 Å². The number of hydrogen-bond donors (Lipinski definition) is 1. The van der Waals surface area contributed by atoms with Crippen molar-refractivity contribution in [1.82, 2.24) is 5.32 Å². The minimum Gasteiger partial charge on any atom is -0.465 e. The molecule has 1 aromatic heterocycles. The standard InChI is InChI=1S/C21H29ClN2O6S2/c1-19(2,3)30-18(26)23-17-21(9-7-6-8-10-21)32(27,28)12-20(4,24-17)15-13(22)11-14(31-15)16(25)29-5/h11H,6-10,12H2,1-5H3,(H,23,24,26)/t20-/m0/s1. The number of sulfone groups is 1. The summed E-state index contributed by atoms with van der Waals surface area (Å²) in [6, 6.07) is 1.46. The van der Waals surface area contributed by atoms with E-state index in [0.717, 1.165) is 30.6 Å². The highest BCUT2D eigenvalue weighted by Gasteiger charge is 2.57. The molecule has 178 valence electrons. The van der Waals surface area contributed by atoms with Crippen LogP contribution in [0, 0.1) is 0 Å². The third-order valence-corrected chi connectivity index (χ3v) is 10.3. The fourth-order valence-electron chi connectivity index (χ4n) is 4.32. The zero-order valence-electron chi connectivity index (χ0n) is 18.9. The van der Waals surface area contributed by atoms with Gasteiger partial charge in [0, 0.05) is 0 Å². The highest BCUT2D eigenvalue weighted by atomic mass is 35.5. The maximum absolute atomic E-state index is 13.7. The van der Waals surface area contributed by atoms with Gasteiger partial charge in [0.2, 0.25) is 0 Å². The number of carbonyl (C=O) groups excluding carboxylic acids is 2. The Hall–Kier alpha value is -1.65. The third kappa shape index (κ3) is 4.68. The van der Waals surface area contributed by atoms with Gasteiger partial charge in [0.15, 0.2) is 9.84 Å². The molecule has 0 aromatic carbocycles. The molecule has 2 fully saturated rings. The molecule has 1 saturated carbocycles. The van der Waals surface area contributed by atoms with E-state index < -0.39 is 37.8 Å². The number of nitrogens with one attached hydrogen (secondary N) is 1. The average Bonchev–Trinajstić information content (AvgIpc) is 3.07. The van der Waals surface area contributed by atoms with Gasteiger partial charge in [0.25, 0.3) is 0 Å². The predicted octanol–water partition coefficient (Wildman–Crippen LogP) is 4.46. The van der Waals surface area contributed by atoms with Gasteiger partial charge in [-0.2, -0.15) is 4.99 Å². The first-order valence-electron chi connectivity index (χ1n) is 10.4. The SMILES string of the molecule is COC(=O)c1cc(Cl)c([C@]2(C)CS(=O)(=O)C3(CCCCC3)/C(=N\C(=O)OC(C)(C)C)N2)s1. The minimum absolute atomic E-state index is 0.0873. The van der Waals surface area contributed by atoms with Crippen molar-refractivity contribution >= 4 is 50.7 Å². The van der Waals surface area contributed by atoms with E-state index in [2.05, 4.69) is 10.3 Å². The maximum atomic E-state index is 13.7. The van der Waals surface area contributed by atoms with E-state index in [4.69, 9.17) is 21.1 Å². The molecule has 0 unspecified atom stereocenters. The van der Waals surface area contributed by atoms with E-state index in [-0.39, 0.29) is 21.5 Å². The smallest absolute Gasteiger partial charge is 0.435 e. The van der Waals surface area contributed by atoms with Crippen molar-refractivity contribution in [1.29, 1.82) is 0 Å². The summed E-state index contributed by atoms with van der Waals surface area (Å²) in [5.74, 6) is -0.713. The highest BCUT2D eigenvalue weighted by Crippen LogP contribution is 2.46. The highest BCUT2D eigenvalue weighted by molar-refractivity contribution is 7.93. The number of amides is 1. The van der Waals surface area contributed by atoms with Crippen LogP contribution in [0.1, 0.15) is 74.3 Å². The number of hydrogen-bond acceptors (Lipinski definition) is 7. The number of carbonyl (C=O) groups is 2. The molecule has 1 aromatic rings. The van der Waals surface area contributed by atoms with E-state index in [1.165, 1.54) is 13.2 Å². The average molecular weight is 505 g/mol. The van der Waals surface area contributed by atoms with E-state index >= 15 is 0 Å². The quantitative estimate of drug-likeness (QED) is 0.592. The molecule has 11 heteroatoms. The first-order chi connectivity index (χ1) is 14.7. The minimum atomic E-state index is -3.74. The van der Waals surface area contributed by atoms with Crippen LogP contribution in [0.5, 0.6) is 0 Å². The summed E-state index contributed by atoms with van der Waals surface area (Å²) in [7, 11) is -2.48. The van der Waals surface area contributed by atoms with Crippen LogP contribution in [0.3, 0.4) is 0 Å². The van der Waals surface area contributed by atoms with Gasteiger partial charge < -0.3 is 14.8 Å². The number of aliphatic imine (C=N–C) groups is 1. The number of amidine groups is 1. The normalized spacial score (nSPS) is 25.9. The zero-order valence-corrected chi connectivity index (χ0v) is 21.3. The van der Waals surface area contributed by atoms with Crippen molar-refractivity contribution in [2.45, 2.75) is 75.7 Å². The Morgan fingerprint density at radius 3 is 2.41 bits per heavy atom. The lowest BCUT2D eigenvalue weighted by Gasteiger charge is -2.47. The van der Waals surface area contributed by atoms with Gasteiger partial charge in [-0.15, -0.1) is 11.3 Å². The van der Waals surface area contributed by atoms with E-state index in [9.17, 15) is 18.0 Å². The molecule has 32 heavy (non-hydrogen) atoms. The Morgan fingerprint density at radius 2 is 1.84 bits per heavy atom. The first-order valence-corrected chi connectivity index (χ1v) is 13.3. The summed E-state index contributed by atoms with van der Waals surface area (Å²) in [6.07, 6.45) is 2.27. The van der Waals surface area contributed by atoms with E-state index in [0.29, 0.717) is 17.7 Å².